The molecule has 0 saturated heterocycles. The second-order valence-electron chi connectivity index (χ2n) is 3.94. The van der Waals surface area contributed by atoms with Crippen LogP contribution in [0.15, 0.2) is 27.5 Å². The summed E-state index contributed by atoms with van der Waals surface area (Å²) in [5.41, 5.74) is 1.23. The van der Waals surface area contributed by atoms with Gasteiger partial charge < -0.3 is 9.55 Å². The molecule has 98 valence electrons. The van der Waals surface area contributed by atoms with Crippen molar-refractivity contribution in [2.45, 2.75) is 17.7 Å². The third-order valence-electron chi connectivity index (χ3n) is 2.38. The number of rotatable bonds is 4. The zero-order valence-electron chi connectivity index (χ0n) is 9.93. The van der Waals surface area contributed by atoms with Crippen molar-refractivity contribution < 1.29 is 8.42 Å². The number of hydrogen-bond acceptors (Lipinski definition) is 4. The lowest BCUT2D eigenvalue weighted by Crippen LogP contribution is -2.22. The van der Waals surface area contributed by atoms with E-state index < -0.39 is 10.0 Å². The van der Waals surface area contributed by atoms with Gasteiger partial charge in [0.1, 0.15) is 0 Å². The predicted octanol–water partition coefficient (Wildman–Crippen LogP) is 0.562. The number of H-pyrrole nitrogens is 1. The Hall–Kier alpha value is -1.38. The van der Waals surface area contributed by atoms with Crippen LogP contribution in [-0.2, 0) is 23.6 Å². The van der Waals surface area contributed by atoms with Crippen molar-refractivity contribution in [1.29, 1.82) is 0 Å². The summed E-state index contributed by atoms with van der Waals surface area (Å²) < 4.78 is 28.3. The van der Waals surface area contributed by atoms with E-state index in [2.05, 4.69) is 9.71 Å². The molecule has 2 aromatic heterocycles. The fraction of sp³-hybridized carbons (Fsp3) is 0.300. The highest BCUT2D eigenvalue weighted by Gasteiger charge is 2.20. The fourth-order valence-corrected chi connectivity index (χ4v) is 3.92. The van der Waals surface area contributed by atoms with Crippen LogP contribution in [0.2, 0.25) is 0 Å². The van der Waals surface area contributed by atoms with Crippen LogP contribution in [-0.4, -0.2) is 18.0 Å². The summed E-state index contributed by atoms with van der Waals surface area (Å²) in [6.07, 6.45) is 3.67. The van der Waals surface area contributed by atoms with Gasteiger partial charge in [0.2, 0.25) is 0 Å². The van der Waals surface area contributed by atoms with Crippen LogP contribution in [0, 0.1) is 6.92 Å². The Morgan fingerprint density at radius 2 is 2.22 bits per heavy atom. The Morgan fingerprint density at radius 1 is 1.50 bits per heavy atom. The summed E-state index contributed by atoms with van der Waals surface area (Å²) in [6, 6.07) is 1.83. The van der Waals surface area contributed by atoms with Gasteiger partial charge in [-0.05, 0) is 18.6 Å². The first-order valence-corrected chi connectivity index (χ1v) is 7.49. The Kier molecular flexibility index (Phi) is 3.42. The SMILES string of the molecule is Cc1[nH]c(=O)sc1S(=O)(=O)NCc1ccn(C)c1. The number of aromatic nitrogens is 2. The van der Waals surface area contributed by atoms with Crippen LogP contribution in [0.4, 0.5) is 0 Å². The van der Waals surface area contributed by atoms with E-state index in [1.807, 2.05) is 30.1 Å². The molecule has 2 heterocycles. The topological polar surface area (TPSA) is 84.0 Å². The number of hydrogen-bond donors (Lipinski definition) is 2. The third kappa shape index (κ3) is 2.71. The Labute approximate surface area is 108 Å². The molecule has 0 aliphatic carbocycles. The van der Waals surface area contributed by atoms with Gasteiger partial charge >= 0.3 is 4.87 Å². The van der Waals surface area contributed by atoms with Gasteiger partial charge in [-0.15, -0.1) is 0 Å². The molecule has 0 aliphatic rings. The fourth-order valence-electron chi connectivity index (χ4n) is 1.56. The first-order chi connectivity index (χ1) is 8.38. The lowest BCUT2D eigenvalue weighted by molar-refractivity contribution is 0.582. The van der Waals surface area contributed by atoms with Crippen molar-refractivity contribution in [3.05, 3.63) is 39.4 Å². The average molecular weight is 287 g/mol. The summed E-state index contributed by atoms with van der Waals surface area (Å²) in [5.74, 6) is 0. The first kappa shape index (κ1) is 13.1. The third-order valence-corrected chi connectivity index (χ3v) is 5.39. The first-order valence-electron chi connectivity index (χ1n) is 5.19. The monoisotopic (exact) mass is 287 g/mol. The van der Waals surface area contributed by atoms with Gasteiger partial charge in [0.15, 0.2) is 4.21 Å². The van der Waals surface area contributed by atoms with Crippen LogP contribution in [0.1, 0.15) is 11.3 Å². The summed E-state index contributed by atoms with van der Waals surface area (Å²) >= 11 is 0.695. The summed E-state index contributed by atoms with van der Waals surface area (Å²) in [6.45, 7) is 1.77. The highest BCUT2D eigenvalue weighted by atomic mass is 32.2. The highest BCUT2D eigenvalue weighted by molar-refractivity contribution is 7.91. The Morgan fingerprint density at radius 3 is 2.72 bits per heavy atom. The number of thiazole rings is 1. The molecule has 0 aromatic carbocycles. The summed E-state index contributed by atoms with van der Waals surface area (Å²) in [5, 5.41) is 0. The van der Waals surface area contributed by atoms with Crippen molar-refractivity contribution >= 4 is 21.4 Å². The molecule has 2 rings (SSSR count). The average Bonchev–Trinajstić information content (AvgIpc) is 2.82. The lowest BCUT2D eigenvalue weighted by Gasteiger charge is -2.03. The smallest absolute Gasteiger partial charge is 0.305 e. The van der Waals surface area contributed by atoms with E-state index in [4.69, 9.17) is 0 Å². The van der Waals surface area contributed by atoms with Gasteiger partial charge in [-0.2, -0.15) is 0 Å². The van der Waals surface area contributed by atoms with Gasteiger partial charge in [0, 0.05) is 31.7 Å². The van der Waals surface area contributed by atoms with Crippen molar-refractivity contribution in [3.63, 3.8) is 0 Å². The van der Waals surface area contributed by atoms with E-state index in [0.29, 0.717) is 17.0 Å². The number of aryl methyl sites for hydroxylation is 2. The van der Waals surface area contributed by atoms with Gasteiger partial charge in [-0.3, -0.25) is 4.79 Å². The maximum absolute atomic E-state index is 12.0. The van der Waals surface area contributed by atoms with E-state index in [1.165, 1.54) is 0 Å². The van der Waals surface area contributed by atoms with Crippen LogP contribution in [0.3, 0.4) is 0 Å². The number of aromatic amines is 1. The lowest BCUT2D eigenvalue weighted by atomic mass is 10.4. The summed E-state index contributed by atoms with van der Waals surface area (Å²) in [7, 11) is -1.77. The van der Waals surface area contributed by atoms with E-state index >= 15 is 0 Å². The molecular weight excluding hydrogens is 274 g/mol. The molecule has 8 heteroatoms. The molecule has 0 bridgehead atoms. The van der Waals surface area contributed by atoms with Crippen molar-refractivity contribution in [1.82, 2.24) is 14.3 Å². The molecule has 6 nitrogen and oxygen atoms in total. The number of nitrogens with zero attached hydrogens (tertiary/aromatic N) is 1. The molecule has 0 amide bonds. The van der Waals surface area contributed by atoms with Gasteiger partial charge in [-0.25, -0.2) is 13.1 Å². The van der Waals surface area contributed by atoms with Gasteiger partial charge in [-0.1, -0.05) is 11.3 Å². The molecule has 0 saturated carbocycles. The minimum Gasteiger partial charge on any atom is -0.357 e. The number of sulfonamides is 1. The standard InChI is InChI=1S/C10H13N3O3S2/c1-7-9(17-10(14)12-7)18(15,16)11-5-8-3-4-13(2)6-8/h3-4,6,11H,5H2,1-2H3,(H,12,14). The summed E-state index contributed by atoms with van der Waals surface area (Å²) in [4.78, 5) is 13.2. The van der Waals surface area contributed by atoms with Gasteiger partial charge in [0.05, 0.1) is 0 Å². The zero-order chi connectivity index (χ0) is 13.3. The minimum absolute atomic E-state index is 0.0448. The molecule has 18 heavy (non-hydrogen) atoms. The molecule has 0 aliphatic heterocycles. The molecule has 0 radical (unpaired) electrons. The van der Waals surface area contributed by atoms with Crippen molar-refractivity contribution in [2.24, 2.45) is 7.05 Å². The quantitative estimate of drug-likeness (QED) is 0.862. The normalized spacial score (nSPS) is 11.9. The maximum Gasteiger partial charge on any atom is 0.305 e. The predicted molar refractivity (Wildman–Crippen MR) is 69.1 cm³/mol. The van der Waals surface area contributed by atoms with E-state index in [1.54, 1.807) is 6.92 Å². The molecule has 0 atom stereocenters. The molecule has 0 spiro atoms. The molecule has 2 N–H and O–H groups in total. The van der Waals surface area contributed by atoms with Crippen molar-refractivity contribution in [3.8, 4) is 0 Å². The zero-order valence-corrected chi connectivity index (χ0v) is 11.6. The van der Waals surface area contributed by atoms with Crippen LogP contribution in [0.25, 0.3) is 0 Å². The van der Waals surface area contributed by atoms with Crippen molar-refractivity contribution in [2.75, 3.05) is 0 Å². The molecule has 0 fully saturated rings. The number of nitrogens with one attached hydrogen (secondary N) is 2. The second kappa shape index (κ2) is 4.71. The van der Waals surface area contributed by atoms with E-state index in [9.17, 15) is 13.2 Å². The second-order valence-corrected chi connectivity index (χ2v) is 6.88. The molecular formula is C10H13N3O3S2. The maximum atomic E-state index is 12.0. The van der Waals surface area contributed by atoms with E-state index in [0.717, 1.165) is 5.56 Å². The van der Waals surface area contributed by atoms with Crippen LogP contribution in [0.5, 0.6) is 0 Å². The largest absolute Gasteiger partial charge is 0.357 e. The molecule has 0 unspecified atom stereocenters. The Balaban J connectivity index is 2.18. The minimum atomic E-state index is -3.63. The van der Waals surface area contributed by atoms with Crippen LogP contribution < -0.4 is 9.60 Å². The Bertz CT molecular complexity index is 709. The van der Waals surface area contributed by atoms with Gasteiger partial charge in [0.25, 0.3) is 10.0 Å². The van der Waals surface area contributed by atoms with E-state index in [-0.39, 0.29) is 15.6 Å². The molecule has 2 aromatic rings. The van der Waals surface area contributed by atoms with Crippen LogP contribution >= 0.6 is 11.3 Å². The highest BCUT2D eigenvalue weighted by Crippen LogP contribution is 2.15.